The summed E-state index contributed by atoms with van der Waals surface area (Å²) in [7, 11) is 0. The lowest BCUT2D eigenvalue weighted by Crippen LogP contribution is -2.12. The third-order valence-corrected chi connectivity index (χ3v) is 4.57. The van der Waals surface area contributed by atoms with E-state index in [1.54, 1.807) is 13.1 Å². The van der Waals surface area contributed by atoms with Crippen LogP contribution in [0.1, 0.15) is 22.6 Å². The van der Waals surface area contributed by atoms with Crippen molar-refractivity contribution in [3.63, 3.8) is 0 Å². The van der Waals surface area contributed by atoms with Crippen LogP contribution in [0.3, 0.4) is 0 Å². The first-order valence-electron chi connectivity index (χ1n) is 9.01. The van der Waals surface area contributed by atoms with E-state index in [-0.39, 0.29) is 12.4 Å². The van der Waals surface area contributed by atoms with Gasteiger partial charge in [0.15, 0.2) is 6.61 Å². The van der Waals surface area contributed by atoms with E-state index >= 15 is 0 Å². The van der Waals surface area contributed by atoms with Gasteiger partial charge in [-0.3, -0.25) is 4.79 Å². The number of hydrogen-bond acceptors (Lipinski definition) is 5. The van der Waals surface area contributed by atoms with Crippen LogP contribution in [0.15, 0.2) is 54.7 Å². The van der Waals surface area contributed by atoms with E-state index in [0.717, 1.165) is 21.8 Å². The summed E-state index contributed by atoms with van der Waals surface area (Å²) in [5.74, 6) is 0.867. The Morgan fingerprint density at radius 1 is 1.11 bits per heavy atom. The van der Waals surface area contributed by atoms with E-state index in [0.29, 0.717) is 30.2 Å². The topological polar surface area (TPSA) is 80.8 Å². The van der Waals surface area contributed by atoms with Gasteiger partial charge in [0.1, 0.15) is 5.82 Å². The molecule has 0 unspecified atom stereocenters. The molecule has 0 atom stereocenters. The van der Waals surface area contributed by atoms with Crippen LogP contribution in [0.2, 0.25) is 0 Å². The Balaban J connectivity index is 1.63. The third kappa shape index (κ3) is 3.30. The van der Waals surface area contributed by atoms with E-state index in [9.17, 15) is 4.79 Å². The SMILES string of the molecule is Cc1nc(OCC(=O)c2cn(CCC#N)c3ccccc23)c2ccccc2n1. The number of ketones is 1. The van der Waals surface area contributed by atoms with E-state index < -0.39 is 0 Å². The Labute approximate surface area is 162 Å². The van der Waals surface area contributed by atoms with Crippen molar-refractivity contribution in [2.45, 2.75) is 19.9 Å². The molecule has 2 heterocycles. The number of Topliss-reactive ketones (excluding diaryl/α,β-unsaturated/α-hetero) is 1. The van der Waals surface area contributed by atoms with Gasteiger partial charge in [-0.05, 0) is 25.1 Å². The molecule has 2 aromatic heterocycles. The number of carbonyl (C=O) groups excluding carboxylic acids is 1. The summed E-state index contributed by atoms with van der Waals surface area (Å²) in [4.78, 5) is 21.6. The molecule has 0 radical (unpaired) electrons. The minimum absolute atomic E-state index is 0.118. The van der Waals surface area contributed by atoms with Gasteiger partial charge < -0.3 is 9.30 Å². The van der Waals surface area contributed by atoms with Gasteiger partial charge in [-0.1, -0.05) is 30.3 Å². The van der Waals surface area contributed by atoms with Gasteiger partial charge in [0.2, 0.25) is 11.7 Å². The molecule has 0 saturated heterocycles. The largest absolute Gasteiger partial charge is 0.469 e. The Morgan fingerprint density at radius 3 is 2.68 bits per heavy atom. The molecule has 28 heavy (non-hydrogen) atoms. The van der Waals surface area contributed by atoms with Crippen LogP contribution in [-0.4, -0.2) is 26.9 Å². The number of carbonyl (C=O) groups is 1. The average Bonchev–Trinajstić information content (AvgIpc) is 3.09. The van der Waals surface area contributed by atoms with Crippen LogP contribution in [0.5, 0.6) is 5.88 Å². The molecule has 0 aliphatic rings. The zero-order valence-electron chi connectivity index (χ0n) is 15.4. The third-order valence-electron chi connectivity index (χ3n) is 4.57. The number of nitriles is 1. The highest BCUT2D eigenvalue weighted by atomic mass is 16.5. The molecule has 2 aromatic carbocycles. The van der Waals surface area contributed by atoms with Crippen molar-refractivity contribution in [3.8, 4) is 11.9 Å². The number of aryl methyl sites for hydroxylation is 2. The smallest absolute Gasteiger partial charge is 0.225 e. The Hall–Kier alpha value is -3.72. The number of rotatable bonds is 6. The fraction of sp³-hybridized carbons (Fsp3) is 0.182. The summed E-state index contributed by atoms with van der Waals surface area (Å²) >= 11 is 0. The molecule has 138 valence electrons. The van der Waals surface area contributed by atoms with Crippen molar-refractivity contribution in [2.75, 3.05) is 6.61 Å². The Morgan fingerprint density at radius 2 is 1.86 bits per heavy atom. The molecule has 0 aliphatic heterocycles. The second-order valence-electron chi connectivity index (χ2n) is 6.47. The molecule has 0 fully saturated rings. The van der Waals surface area contributed by atoms with Gasteiger partial charge in [-0.15, -0.1) is 0 Å². The number of fused-ring (bicyclic) bond motifs is 2. The van der Waals surface area contributed by atoms with Gasteiger partial charge in [-0.2, -0.15) is 10.2 Å². The molecule has 0 aliphatic carbocycles. The van der Waals surface area contributed by atoms with Crippen LogP contribution >= 0.6 is 0 Å². The Kier molecular flexibility index (Phi) is 4.73. The first-order valence-corrected chi connectivity index (χ1v) is 9.01. The monoisotopic (exact) mass is 370 g/mol. The molecule has 0 spiro atoms. The molecule has 6 nitrogen and oxygen atoms in total. The molecule has 4 aromatic rings. The lowest BCUT2D eigenvalue weighted by Gasteiger charge is -2.08. The molecular weight excluding hydrogens is 352 g/mol. The molecule has 0 saturated carbocycles. The number of hydrogen-bond donors (Lipinski definition) is 0. The van der Waals surface area contributed by atoms with Crippen molar-refractivity contribution < 1.29 is 9.53 Å². The second kappa shape index (κ2) is 7.49. The zero-order valence-corrected chi connectivity index (χ0v) is 15.4. The van der Waals surface area contributed by atoms with Crippen molar-refractivity contribution in [3.05, 3.63) is 66.1 Å². The summed E-state index contributed by atoms with van der Waals surface area (Å²) in [6, 6.07) is 17.4. The molecule has 4 rings (SSSR count). The maximum atomic E-state index is 12.9. The van der Waals surface area contributed by atoms with Gasteiger partial charge in [0, 0.05) is 29.2 Å². The summed E-state index contributed by atoms with van der Waals surface area (Å²) < 4.78 is 7.73. The average molecular weight is 370 g/mol. The maximum Gasteiger partial charge on any atom is 0.225 e. The number of ether oxygens (including phenoxy) is 1. The summed E-state index contributed by atoms with van der Waals surface area (Å²) in [5.41, 5.74) is 2.30. The van der Waals surface area contributed by atoms with Crippen LogP contribution < -0.4 is 4.74 Å². The minimum atomic E-state index is -0.132. The standard InChI is InChI=1S/C22H18N4O2/c1-15-24-19-9-4-2-8-17(19)22(25-15)28-14-21(27)18-13-26(12-6-11-23)20-10-5-3-7-16(18)20/h2-5,7-10,13H,6,12,14H2,1H3. The Bertz CT molecular complexity index is 1220. The van der Waals surface area contributed by atoms with E-state index in [2.05, 4.69) is 16.0 Å². The predicted molar refractivity (Wildman–Crippen MR) is 106 cm³/mol. The first-order chi connectivity index (χ1) is 13.7. The minimum Gasteiger partial charge on any atom is -0.469 e. The van der Waals surface area contributed by atoms with Gasteiger partial charge in [0.05, 0.1) is 23.4 Å². The van der Waals surface area contributed by atoms with Crippen molar-refractivity contribution in [1.82, 2.24) is 14.5 Å². The summed E-state index contributed by atoms with van der Waals surface area (Å²) in [5, 5.41) is 10.5. The van der Waals surface area contributed by atoms with E-state index in [4.69, 9.17) is 10.00 Å². The van der Waals surface area contributed by atoms with Crippen molar-refractivity contribution in [1.29, 1.82) is 5.26 Å². The number of nitrogens with zero attached hydrogens (tertiary/aromatic N) is 4. The number of aromatic nitrogens is 3. The fourth-order valence-corrected chi connectivity index (χ4v) is 3.30. The molecule has 6 heteroatoms. The first kappa shape index (κ1) is 17.7. The van der Waals surface area contributed by atoms with Crippen molar-refractivity contribution in [2.24, 2.45) is 0 Å². The maximum absolute atomic E-state index is 12.9. The van der Waals surface area contributed by atoms with Crippen LogP contribution in [0, 0.1) is 18.3 Å². The molecule has 0 bridgehead atoms. The quantitative estimate of drug-likeness (QED) is 0.478. The molecule has 0 amide bonds. The highest BCUT2D eigenvalue weighted by molar-refractivity contribution is 6.08. The van der Waals surface area contributed by atoms with Crippen molar-refractivity contribution >= 4 is 27.6 Å². The van der Waals surface area contributed by atoms with Crippen LogP contribution in [0.4, 0.5) is 0 Å². The van der Waals surface area contributed by atoms with E-state index in [1.807, 2.05) is 53.1 Å². The van der Waals surface area contributed by atoms with Gasteiger partial charge >= 0.3 is 0 Å². The lowest BCUT2D eigenvalue weighted by atomic mass is 10.1. The van der Waals surface area contributed by atoms with E-state index in [1.165, 1.54) is 0 Å². The molecule has 0 N–H and O–H groups in total. The lowest BCUT2D eigenvalue weighted by molar-refractivity contribution is 0.0920. The summed E-state index contributed by atoms with van der Waals surface area (Å²) in [6.45, 7) is 2.22. The molecular formula is C22H18N4O2. The highest BCUT2D eigenvalue weighted by Crippen LogP contribution is 2.24. The fourth-order valence-electron chi connectivity index (χ4n) is 3.30. The summed E-state index contributed by atoms with van der Waals surface area (Å²) in [6.07, 6.45) is 2.19. The number of benzene rings is 2. The van der Waals surface area contributed by atoms with Crippen LogP contribution in [0.25, 0.3) is 21.8 Å². The van der Waals surface area contributed by atoms with Gasteiger partial charge in [-0.25, -0.2) is 4.98 Å². The normalized spacial score (nSPS) is 10.9. The predicted octanol–water partition coefficient (Wildman–Crippen LogP) is 4.07. The highest BCUT2D eigenvalue weighted by Gasteiger charge is 2.16. The second-order valence-corrected chi connectivity index (χ2v) is 6.47. The van der Waals surface area contributed by atoms with Gasteiger partial charge in [0.25, 0.3) is 0 Å². The van der Waals surface area contributed by atoms with Crippen LogP contribution in [-0.2, 0) is 6.54 Å². The zero-order chi connectivity index (χ0) is 19.5. The number of para-hydroxylation sites is 2.